The van der Waals surface area contributed by atoms with Crippen molar-refractivity contribution in [3.05, 3.63) is 28.5 Å². The van der Waals surface area contributed by atoms with E-state index in [0.717, 1.165) is 4.47 Å². The van der Waals surface area contributed by atoms with E-state index in [1.165, 1.54) is 0 Å². The molecule has 12 heavy (non-hydrogen) atoms. The van der Waals surface area contributed by atoms with Crippen molar-refractivity contribution in [2.45, 2.75) is 19.1 Å². The molecule has 3 N–H and O–H groups in total. The lowest BCUT2D eigenvalue weighted by molar-refractivity contribution is 0.162. The third-order valence-corrected chi connectivity index (χ3v) is 2.10. The molecule has 2 atom stereocenters. The van der Waals surface area contributed by atoms with E-state index in [9.17, 15) is 5.11 Å². The summed E-state index contributed by atoms with van der Waals surface area (Å²) >= 11 is 3.30. The van der Waals surface area contributed by atoms with E-state index < -0.39 is 12.1 Å². The first-order chi connectivity index (χ1) is 5.61. The standard InChI is InChI=1S/C8H11BrN2O/c1-5(12)8(10)7-4-6(9)2-3-11-7/h2-5,8,12H,10H2,1H3/t5-,8-/m0/s1. The Hall–Kier alpha value is -0.450. The summed E-state index contributed by atoms with van der Waals surface area (Å²) < 4.78 is 0.920. The summed E-state index contributed by atoms with van der Waals surface area (Å²) in [6.07, 6.45) is 1.08. The zero-order valence-corrected chi connectivity index (χ0v) is 8.32. The first kappa shape index (κ1) is 9.64. The van der Waals surface area contributed by atoms with E-state index in [0.29, 0.717) is 5.69 Å². The molecule has 66 valence electrons. The number of hydrogen-bond acceptors (Lipinski definition) is 3. The molecule has 0 aliphatic rings. The number of nitrogens with two attached hydrogens (primary N) is 1. The number of nitrogens with zero attached hydrogens (tertiary/aromatic N) is 1. The van der Waals surface area contributed by atoms with Gasteiger partial charge in [-0.3, -0.25) is 4.98 Å². The van der Waals surface area contributed by atoms with Gasteiger partial charge >= 0.3 is 0 Å². The second kappa shape index (κ2) is 3.98. The molecule has 0 spiro atoms. The third-order valence-electron chi connectivity index (χ3n) is 1.60. The van der Waals surface area contributed by atoms with Crippen molar-refractivity contribution in [1.29, 1.82) is 0 Å². The Morgan fingerprint density at radius 3 is 2.83 bits per heavy atom. The number of pyridine rings is 1. The number of hydrogen-bond donors (Lipinski definition) is 2. The molecule has 0 amide bonds. The van der Waals surface area contributed by atoms with Crippen LogP contribution in [0, 0.1) is 0 Å². The summed E-state index contributed by atoms with van der Waals surface area (Å²) in [7, 11) is 0. The van der Waals surface area contributed by atoms with Gasteiger partial charge in [0.05, 0.1) is 17.8 Å². The Morgan fingerprint density at radius 2 is 2.33 bits per heavy atom. The summed E-state index contributed by atoms with van der Waals surface area (Å²) in [4.78, 5) is 4.05. The van der Waals surface area contributed by atoms with E-state index in [4.69, 9.17) is 5.73 Å². The zero-order chi connectivity index (χ0) is 9.14. The largest absolute Gasteiger partial charge is 0.391 e. The highest BCUT2D eigenvalue weighted by atomic mass is 79.9. The van der Waals surface area contributed by atoms with Crippen molar-refractivity contribution in [3.63, 3.8) is 0 Å². The van der Waals surface area contributed by atoms with E-state index in [-0.39, 0.29) is 0 Å². The van der Waals surface area contributed by atoms with Gasteiger partial charge in [0.15, 0.2) is 0 Å². The molecule has 0 aliphatic heterocycles. The summed E-state index contributed by atoms with van der Waals surface area (Å²) in [5.74, 6) is 0. The molecule has 0 saturated heterocycles. The Labute approximate surface area is 79.7 Å². The van der Waals surface area contributed by atoms with Gasteiger partial charge in [0.25, 0.3) is 0 Å². The minimum absolute atomic E-state index is 0.414. The van der Waals surface area contributed by atoms with Crippen LogP contribution >= 0.6 is 15.9 Å². The number of aliphatic hydroxyl groups excluding tert-OH is 1. The number of halogens is 1. The fraction of sp³-hybridized carbons (Fsp3) is 0.375. The Kier molecular flexibility index (Phi) is 3.20. The molecule has 0 unspecified atom stereocenters. The fourth-order valence-corrected chi connectivity index (χ4v) is 1.20. The first-order valence-electron chi connectivity index (χ1n) is 3.66. The van der Waals surface area contributed by atoms with Crippen LogP contribution in [0.4, 0.5) is 0 Å². The highest BCUT2D eigenvalue weighted by Crippen LogP contribution is 2.15. The van der Waals surface area contributed by atoms with Gasteiger partial charge in [-0.25, -0.2) is 0 Å². The Morgan fingerprint density at radius 1 is 1.67 bits per heavy atom. The summed E-state index contributed by atoms with van der Waals surface area (Å²) in [6, 6.07) is 3.21. The maximum absolute atomic E-state index is 9.18. The quantitative estimate of drug-likeness (QED) is 0.804. The molecule has 0 aliphatic carbocycles. The summed E-state index contributed by atoms with van der Waals surface area (Å²) in [6.45, 7) is 1.65. The molecule has 0 bridgehead atoms. The summed E-state index contributed by atoms with van der Waals surface area (Å²) in [5, 5.41) is 9.18. The second-order valence-corrected chi connectivity index (χ2v) is 3.58. The van der Waals surface area contributed by atoms with Crippen LogP contribution in [0.3, 0.4) is 0 Å². The van der Waals surface area contributed by atoms with E-state index in [1.54, 1.807) is 19.2 Å². The van der Waals surface area contributed by atoms with Gasteiger partial charge in [0.1, 0.15) is 0 Å². The second-order valence-electron chi connectivity index (χ2n) is 2.67. The third kappa shape index (κ3) is 2.27. The fourth-order valence-electron chi connectivity index (χ4n) is 0.851. The minimum Gasteiger partial charge on any atom is -0.391 e. The van der Waals surface area contributed by atoms with Crippen LogP contribution in [0.1, 0.15) is 18.7 Å². The average molecular weight is 231 g/mol. The van der Waals surface area contributed by atoms with Gasteiger partial charge in [0, 0.05) is 10.7 Å². The minimum atomic E-state index is -0.577. The lowest BCUT2D eigenvalue weighted by atomic mass is 10.1. The van der Waals surface area contributed by atoms with Crippen molar-refractivity contribution < 1.29 is 5.11 Å². The molecule has 0 saturated carbocycles. The average Bonchev–Trinajstić information content (AvgIpc) is 2.03. The Balaban J connectivity index is 2.88. The normalized spacial score (nSPS) is 15.7. The van der Waals surface area contributed by atoms with E-state index >= 15 is 0 Å². The van der Waals surface area contributed by atoms with Crippen molar-refractivity contribution in [1.82, 2.24) is 4.98 Å². The van der Waals surface area contributed by atoms with Crippen molar-refractivity contribution >= 4 is 15.9 Å². The molecule has 0 radical (unpaired) electrons. The maximum atomic E-state index is 9.18. The smallest absolute Gasteiger partial charge is 0.0731 e. The molecule has 1 rings (SSSR count). The van der Waals surface area contributed by atoms with E-state index in [1.807, 2.05) is 6.07 Å². The number of rotatable bonds is 2. The predicted octanol–water partition coefficient (Wildman–Crippen LogP) is 1.22. The summed E-state index contributed by atoms with van der Waals surface area (Å²) in [5.41, 5.74) is 6.37. The van der Waals surface area contributed by atoms with Crippen LogP contribution in [0.15, 0.2) is 22.8 Å². The number of aromatic nitrogens is 1. The van der Waals surface area contributed by atoms with Gasteiger partial charge in [-0.2, -0.15) is 0 Å². The SMILES string of the molecule is C[C@H](O)[C@H](N)c1cc(Br)ccn1. The van der Waals surface area contributed by atoms with Crippen LogP contribution in [0.5, 0.6) is 0 Å². The topological polar surface area (TPSA) is 59.1 Å². The van der Waals surface area contributed by atoms with Crippen molar-refractivity contribution in [2.24, 2.45) is 5.73 Å². The molecule has 1 aromatic rings. The molecular formula is C8H11BrN2O. The van der Waals surface area contributed by atoms with Crippen LogP contribution in [0.2, 0.25) is 0 Å². The highest BCUT2D eigenvalue weighted by molar-refractivity contribution is 9.10. The monoisotopic (exact) mass is 230 g/mol. The molecule has 4 heteroatoms. The van der Waals surface area contributed by atoms with Crippen LogP contribution in [0.25, 0.3) is 0 Å². The van der Waals surface area contributed by atoms with Gasteiger partial charge in [-0.05, 0) is 19.1 Å². The van der Waals surface area contributed by atoms with Gasteiger partial charge in [-0.1, -0.05) is 15.9 Å². The maximum Gasteiger partial charge on any atom is 0.0731 e. The van der Waals surface area contributed by atoms with Crippen LogP contribution in [-0.2, 0) is 0 Å². The molecule has 0 aromatic carbocycles. The lowest BCUT2D eigenvalue weighted by Gasteiger charge is -2.13. The lowest BCUT2D eigenvalue weighted by Crippen LogP contribution is -2.24. The predicted molar refractivity (Wildman–Crippen MR) is 50.5 cm³/mol. The molecular weight excluding hydrogens is 220 g/mol. The van der Waals surface area contributed by atoms with Crippen LogP contribution in [-0.4, -0.2) is 16.2 Å². The van der Waals surface area contributed by atoms with Crippen molar-refractivity contribution in [3.8, 4) is 0 Å². The zero-order valence-electron chi connectivity index (χ0n) is 6.74. The molecule has 3 nitrogen and oxygen atoms in total. The Bertz CT molecular complexity index is 265. The van der Waals surface area contributed by atoms with Gasteiger partial charge in [0.2, 0.25) is 0 Å². The number of aliphatic hydroxyl groups is 1. The van der Waals surface area contributed by atoms with Gasteiger partial charge in [-0.15, -0.1) is 0 Å². The van der Waals surface area contributed by atoms with Crippen LogP contribution < -0.4 is 5.73 Å². The first-order valence-corrected chi connectivity index (χ1v) is 4.45. The highest BCUT2D eigenvalue weighted by Gasteiger charge is 2.12. The van der Waals surface area contributed by atoms with E-state index in [2.05, 4.69) is 20.9 Å². The van der Waals surface area contributed by atoms with Crippen molar-refractivity contribution in [2.75, 3.05) is 0 Å². The molecule has 0 fully saturated rings. The van der Waals surface area contributed by atoms with Gasteiger partial charge < -0.3 is 10.8 Å². The molecule has 1 aromatic heterocycles. The molecule has 1 heterocycles.